The Morgan fingerprint density at radius 3 is 3.10 bits per heavy atom. The second kappa shape index (κ2) is 4.36. The highest BCUT2D eigenvalue weighted by molar-refractivity contribution is 7.17. The lowest BCUT2D eigenvalue weighted by Crippen LogP contribution is -2.32. The first-order chi connectivity index (χ1) is 9.72. The third-order valence-electron chi connectivity index (χ3n) is 3.59. The number of halogens is 1. The summed E-state index contributed by atoms with van der Waals surface area (Å²) in [6.07, 6.45) is 0.926. The second-order valence-electron chi connectivity index (χ2n) is 5.07. The molecule has 1 unspecified atom stereocenters. The van der Waals surface area contributed by atoms with E-state index in [2.05, 4.69) is 22.3 Å². The predicted molar refractivity (Wildman–Crippen MR) is 76.3 cm³/mol. The van der Waals surface area contributed by atoms with E-state index in [0.29, 0.717) is 17.4 Å². The van der Waals surface area contributed by atoms with E-state index in [-0.39, 0.29) is 5.82 Å². The van der Waals surface area contributed by atoms with Gasteiger partial charge in [0.25, 0.3) is 0 Å². The van der Waals surface area contributed by atoms with Crippen LogP contribution in [0.25, 0.3) is 16.3 Å². The first-order valence-corrected chi connectivity index (χ1v) is 7.39. The number of fused-ring (bicyclic) bond motifs is 3. The number of thiazole rings is 1. The molecule has 4 nitrogen and oxygen atoms in total. The SMILES string of the molecule is CC1Cc2c(sc3nc(-c4ccccc4F)nn23)CN1. The van der Waals surface area contributed by atoms with Gasteiger partial charge in [-0.2, -0.15) is 4.98 Å². The molecule has 0 saturated carbocycles. The van der Waals surface area contributed by atoms with Gasteiger partial charge in [-0.15, -0.1) is 5.10 Å². The van der Waals surface area contributed by atoms with Crippen LogP contribution in [-0.4, -0.2) is 20.6 Å². The van der Waals surface area contributed by atoms with Crippen LogP contribution in [0.5, 0.6) is 0 Å². The van der Waals surface area contributed by atoms with Crippen LogP contribution in [0.4, 0.5) is 4.39 Å². The normalized spacial score (nSPS) is 18.4. The molecule has 0 saturated heterocycles. The lowest BCUT2D eigenvalue weighted by molar-refractivity contribution is 0.505. The van der Waals surface area contributed by atoms with Crippen LogP contribution in [0.1, 0.15) is 17.5 Å². The molecule has 1 aliphatic heterocycles. The fraction of sp³-hybridized carbons (Fsp3) is 0.286. The maximum Gasteiger partial charge on any atom is 0.213 e. The summed E-state index contributed by atoms with van der Waals surface area (Å²) in [7, 11) is 0. The van der Waals surface area contributed by atoms with Crippen molar-refractivity contribution in [3.05, 3.63) is 40.7 Å². The molecule has 0 radical (unpaired) electrons. The van der Waals surface area contributed by atoms with E-state index in [1.807, 2.05) is 4.52 Å². The molecule has 1 aromatic carbocycles. The van der Waals surface area contributed by atoms with Gasteiger partial charge in [0.2, 0.25) is 4.96 Å². The molecule has 1 atom stereocenters. The molecule has 3 aromatic rings. The number of aromatic nitrogens is 3. The molecule has 0 spiro atoms. The van der Waals surface area contributed by atoms with Gasteiger partial charge in [0.15, 0.2) is 5.82 Å². The Labute approximate surface area is 119 Å². The van der Waals surface area contributed by atoms with Crippen LogP contribution in [-0.2, 0) is 13.0 Å². The van der Waals surface area contributed by atoms with Gasteiger partial charge in [0.05, 0.1) is 11.3 Å². The number of hydrogen-bond donors (Lipinski definition) is 1. The zero-order valence-electron chi connectivity index (χ0n) is 10.9. The fourth-order valence-electron chi connectivity index (χ4n) is 2.55. The third kappa shape index (κ3) is 1.76. The molecule has 4 rings (SSSR count). The quantitative estimate of drug-likeness (QED) is 0.748. The minimum atomic E-state index is -0.283. The maximum absolute atomic E-state index is 13.8. The lowest BCUT2D eigenvalue weighted by atomic mass is 10.1. The van der Waals surface area contributed by atoms with Crippen LogP contribution in [0.2, 0.25) is 0 Å². The fourth-order valence-corrected chi connectivity index (χ4v) is 3.58. The Morgan fingerprint density at radius 1 is 1.40 bits per heavy atom. The Morgan fingerprint density at radius 2 is 2.25 bits per heavy atom. The van der Waals surface area contributed by atoms with Crippen molar-refractivity contribution in [1.82, 2.24) is 19.9 Å². The molecule has 102 valence electrons. The molecule has 0 amide bonds. The van der Waals surface area contributed by atoms with Crippen LogP contribution < -0.4 is 5.32 Å². The van der Waals surface area contributed by atoms with Gasteiger partial charge in [0.1, 0.15) is 5.82 Å². The second-order valence-corrected chi connectivity index (χ2v) is 6.13. The van der Waals surface area contributed by atoms with Crippen molar-refractivity contribution >= 4 is 16.3 Å². The zero-order valence-corrected chi connectivity index (χ0v) is 11.7. The van der Waals surface area contributed by atoms with Crippen LogP contribution >= 0.6 is 11.3 Å². The summed E-state index contributed by atoms with van der Waals surface area (Å²) in [5.74, 6) is 0.179. The molecular formula is C14H13FN4S. The summed E-state index contributed by atoms with van der Waals surface area (Å²) in [5, 5.41) is 7.93. The summed E-state index contributed by atoms with van der Waals surface area (Å²) in [4.78, 5) is 6.59. The number of hydrogen-bond acceptors (Lipinski definition) is 4. The van der Waals surface area contributed by atoms with E-state index in [1.165, 1.54) is 16.6 Å². The molecule has 0 aliphatic carbocycles. The van der Waals surface area contributed by atoms with Crippen molar-refractivity contribution in [3.8, 4) is 11.4 Å². The highest BCUT2D eigenvalue weighted by Crippen LogP contribution is 2.28. The largest absolute Gasteiger partial charge is 0.309 e. The number of rotatable bonds is 1. The Balaban J connectivity index is 1.87. The number of nitrogens with one attached hydrogen (secondary N) is 1. The van der Waals surface area contributed by atoms with Crippen LogP contribution in [0, 0.1) is 5.82 Å². The standard InChI is InChI=1S/C14H13FN4S/c1-8-6-11-12(7-16-8)20-14-17-13(18-19(11)14)9-4-2-3-5-10(9)15/h2-5,8,16H,6-7H2,1H3. The van der Waals surface area contributed by atoms with Crippen molar-refractivity contribution < 1.29 is 4.39 Å². The first kappa shape index (κ1) is 12.0. The molecule has 3 heterocycles. The topological polar surface area (TPSA) is 42.2 Å². The van der Waals surface area contributed by atoms with Crippen molar-refractivity contribution in [1.29, 1.82) is 0 Å². The molecule has 6 heteroatoms. The van der Waals surface area contributed by atoms with Gasteiger partial charge in [-0.1, -0.05) is 23.5 Å². The summed E-state index contributed by atoms with van der Waals surface area (Å²) >= 11 is 1.63. The van der Waals surface area contributed by atoms with Crippen molar-refractivity contribution in [2.45, 2.75) is 25.9 Å². The Hall–Kier alpha value is -1.79. The maximum atomic E-state index is 13.8. The van der Waals surface area contributed by atoms with Gasteiger partial charge < -0.3 is 5.32 Å². The number of benzene rings is 1. The van der Waals surface area contributed by atoms with Gasteiger partial charge in [0, 0.05) is 23.9 Å². The van der Waals surface area contributed by atoms with Crippen LogP contribution in [0.3, 0.4) is 0 Å². The Kier molecular flexibility index (Phi) is 2.61. The molecule has 2 aromatic heterocycles. The molecule has 20 heavy (non-hydrogen) atoms. The molecule has 1 aliphatic rings. The van der Waals surface area contributed by atoms with Crippen molar-refractivity contribution in [3.63, 3.8) is 0 Å². The van der Waals surface area contributed by atoms with Crippen molar-refractivity contribution in [2.75, 3.05) is 0 Å². The smallest absolute Gasteiger partial charge is 0.213 e. The van der Waals surface area contributed by atoms with Gasteiger partial charge in [-0.3, -0.25) is 0 Å². The van der Waals surface area contributed by atoms with Gasteiger partial charge in [-0.05, 0) is 19.1 Å². The molecular weight excluding hydrogens is 275 g/mol. The highest BCUT2D eigenvalue weighted by Gasteiger charge is 2.23. The Bertz CT molecular complexity index is 792. The minimum Gasteiger partial charge on any atom is -0.309 e. The zero-order chi connectivity index (χ0) is 13.7. The summed E-state index contributed by atoms with van der Waals surface area (Å²) in [6, 6.07) is 7.06. The molecule has 0 fully saturated rings. The highest BCUT2D eigenvalue weighted by atomic mass is 32.1. The summed E-state index contributed by atoms with van der Waals surface area (Å²) in [5.41, 5.74) is 1.66. The first-order valence-electron chi connectivity index (χ1n) is 6.58. The molecule has 0 bridgehead atoms. The summed E-state index contributed by atoms with van der Waals surface area (Å²) < 4.78 is 15.7. The van der Waals surface area contributed by atoms with Gasteiger partial charge >= 0.3 is 0 Å². The average Bonchev–Trinajstić information content (AvgIpc) is 2.97. The van der Waals surface area contributed by atoms with Crippen LogP contribution in [0.15, 0.2) is 24.3 Å². The van der Waals surface area contributed by atoms with E-state index in [0.717, 1.165) is 17.9 Å². The van der Waals surface area contributed by atoms with E-state index in [9.17, 15) is 4.39 Å². The third-order valence-corrected chi connectivity index (χ3v) is 4.67. The van der Waals surface area contributed by atoms with E-state index in [1.54, 1.807) is 29.5 Å². The monoisotopic (exact) mass is 288 g/mol. The lowest BCUT2D eigenvalue weighted by Gasteiger charge is -2.19. The number of nitrogens with zero attached hydrogens (tertiary/aromatic N) is 3. The average molecular weight is 288 g/mol. The van der Waals surface area contributed by atoms with Gasteiger partial charge in [-0.25, -0.2) is 8.91 Å². The summed E-state index contributed by atoms with van der Waals surface area (Å²) in [6.45, 7) is 3.02. The minimum absolute atomic E-state index is 0.283. The van der Waals surface area contributed by atoms with E-state index in [4.69, 9.17) is 0 Å². The van der Waals surface area contributed by atoms with Crippen molar-refractivity contribution in [2.24, 2.45) is 0 Å². The predicted octanol–water partition coefficient (Wildman–Crippen LogP) is 2.63. The molecule has 1 N–H and O–H groups in total. The van der Waals surface area contributed by atoms with E-state index < -0.39 is 0 Å². The van der Waals surface area contributed by atoms with E-state index >= 15 is 0 Å².